The lowest BCUT2D eigenvalue weighted by molar-refractivity contribution is -0.133. The minimum Gasteiger partial charge on any atom is -0.450 e. The van der Waals surface area contributed by atoms with Crippen LogP contribution in [0.25, 0.3) is 0 Å². The zero-order valence-electron chi connectivity index (χ0n) is 17.8. The molecular formula is C22H29N5O3. The first kappa shape index (κ1) is 21.5. The molecule has 1 aromatic carbocycles. The number of carbonyl (C=O) groups is 2. The second-order valence-electron chi connectivity index (χ2n) is 7.37. The third-order valence-corrected chi connectivity index (χ3v) is 4.98. The lowest BCUT2D eigenvalue weighted by Gasteiger charge is -2.36. The maximum absolute atomic E-state index is 13.4. The van der Waals surface area contributed by atoms with E-state index in [1.807, 2.05) is 50.2 Å². The molecule has 160 valence electrons. The van der Waals surface area contributed by atoms with Gasteiger partial charge in [-0.2, -0.15) is 0 Å². The van der Waals surface area contributed by atoms with Gasteiger partial charge in [0.25, 0.3) is 0 Å². The topological polar surface area (TPSA) is 87.7 Å². The van der Waals surface area contributed by atoms with Gasteiger partial charge in [0.15, 0.2) is 0 Å². The molecule has 0 saturated carbocycles. The molecule has 0 unspecified atom stereocenters. The van der Waals surface area contributed by atoms with Crippen molar-refractivity contribution >= 4 is 17.9 Å². The number of ether oxygens (including phenoxy) is 1. The van der Waals surface area contributed by atoms with Crippen LogP contribution in [0, 0.1) is 13.8 Å². The number of aryl methyl sites for hydroxylation is 2. The Balaban J connectivity index is 1.72. The number of amides is 2. The fraction of sp³-hybridized carbons (Fsp3) is 0.455. The average Bonchev–Trinajstić information content (AvgIpc) is 2.73. The minimum absolute atomic E-state index is 0.0230. The molecule has 1 aliphatic rings. The van der Waals surface area contributed by atoms with E-state index in [0.29, 0.717) is 45.2 Å². The SMILES string of the molecule is CCOC(=O)N1CCN(C(=O)[C@@H](Cc2ccccc2)Nc2nc(C)cc(C)n2)CC1. The number of nitrogens with one attached hydrogen (secondary N) is 1. The second-order valence-corrected chi connectivity index (χ2v) is 7.37. The first-order valence-corrected chi connectivity index (χ1v) is 10.3. The number of benzene rings is 1. The van der Waals surface area contributed by atoms with Crippen LogP contribution in [0.1, 0.15) is 23.9 Å². The first-order chi connectivity index (χ1) is 14.5. The Morgan fingerprint density at radius 2 is 1.63 bits per heavy atom. The summed E-state index contributed by atoms with van der Waals surface area (Å²) in [6.07, 6.45) is 0.195. The van der Waals surface area contributed by atoms with Crippen LogP contribution < -0.4 is 5.32 Å². The fourth-order valence-corrected chi connectivity index (χ4v) is 3.54. The highest BCUT2D eigenvalue weighted by molar-refractivity contribution is 5.85. The molecule has 0 radical (unpaired) electrons. The van der Waals surface area contributed by atoms with Crippen molar-refractivity contribution in [3.05, 3.63) is 53.3 Å². The van der Waals surface area contributed by atoms with E-state index < -0.39 is 6.04 Å². The molecule has 2 heterocycles. The Hall–Kier alpha value is -3.16. The minimum atomic E-state index is -0.497. The van der Waals surface area contributed by atoms with E-state index >= 15 is 0 Å². The summed E-state index contributed by atoms with van der Waals surface area (Å²) in [5.74, 6) is 0.428. The van der Waals surface area contributed by atoms with Crippen LogP contribution in [0.15, 0.2) is 36.4 Å². The molecule has 1 aromatic heterocycles. The van der Waals surface area contributed by atoms with Crippen LogP contribution in [0.5, 0.6) is 0 Å². The van der Waals surface area contributed by atoms with Gasteiger partial charge in [-0.15, -0.1) is 0 Å². The maximum atomic E-state index is 13.4. The van der Waals surface area contributed by atoms with E-state index in [1.165, 1.54) is 0 Å². The molecule has 1 atom stereocenters. The van der Waals surface area contributed by atoms with Gasteiger partial charge in [0.05, 0.1) is 6.61 Å². The van der Waals surface area contributed by atoms with E-state index in [1.54, 1.807) is 16.7 Å². The summed E-state index contributed by atoms with van der Waals surface area (Å²) in [6, 6.07) is 11.3. The van der Waals surface area contributed by atoms with Gasteiger partial charge in [-0.05, 0) is 32.4 Å². The molecule has 0 spiro atoms. The normalized spacial score (nSPS) is 14.9. The molecule has 8 heteroatoms. The number of anilines is 1. The average molecular weight is 412 g/mol. The maximum Gasteiger partial charge on any atom is 0.409 e. The standard InChI is InChI=1S/C22H29N5O3/c1-4-30-22(29)27-12-10-26(11-13-27)20(28)19(15-18-8-6-5-7-9-18)25-21-23-16(2)14-17(3)24-21/h5-9,14,19H,4,10-13,15H2,1-3H3,(H,23,24,25)/t19-/m1/s1. The Morgan fingerprint density at radius 3 is 2.23 bits per heavy atom. The number of carbonyl (C=O) groups excluding carboxylic acids is 2. The molecule has 0 aliphatic carbocycles. The summed E-state index contributed by atoms with van der Waals surface area (Å²) < 4.78 is 5.06. The number of rotatable bonds is 6. The smallest absolute Gasteiger partial charge is 0.409 e. The first-order valence-electron chi connectivity index (χ1n) is 10.3. The van der Waals surface area contributed by atoms with Crippen molar-refractivity contribution in [1.82, 2.24) is 19.8 Å². The van der Waals surface area contributed by atoms with E-state index in [-0.39, 0.29) is 12.0 Å². The molecule has 1 aliphatic heterocycles. The highest BCUT2D eigenvalue weighted by Gasteiger charge is 2.30. The highest BCUT2D eigenvalue weighted by Crippen LogP contribution is 2.14. The van der Waals surface area contributed by atoms with Gasteiger partial charge in [-0.3, -0.25) is 4.79 Å². The van der Waals surface area contributed by atoms with Crippen LogP contribution in [0.3, 0.4) is 0 Å². The van der Waals surface area contributed by atoms with Gasteiger partial charge in [0.2, 0.25) is 11.9 Å². The molecule has 1 fully saturated rings. The zero-order valence-corrected chi connectivity index (χ0v) is 17.8. The number of hydrogen-bond acceptors (Lipinski definition) is 6. The molecule has 0 bridgehead atoms. The van der Waals surface area contributed by atoms with Gasteiger partial charge in [0, 0.05) is 44.0 Å². The molecule has 2 amide bonds. The van der Waals surface area contributed by atoms with Crippen molar-refractivity contribution in [2.75, 3.05) is 38.1 Å². The van der Waals surface area contributed by atoms with E-state index in [0.717, 1.165) is 17.0 Å². The van der Waals surface area contributed by atoms with E-state index in [9.17, 15) is 9.59 Å². The quantitative estimate of drug-likeness (QED) is 0.786. The number of piperazine rings is 1. The fourth-order valence-electron chi connectivity index (χ4n) is 3.54. The van der Waals surface area contributed by atoms with E-state index in [2.05, 4.69) is 15.3 Å². The molecule has 2 aromatic rings. The molecular weight excluding hydrogens is 382 g/mol. The van der Waals surface area contributed by atoms with Gasteiger partial charge < -0.3 is 19.9 Å². The van der Waals surface area contributed by atoms with Crippen LogP contribution in [-0.2, 0) is 16.0 Å². The number of nitrogens with zero attached hydrogens (tertiary/aromatic N) is 4. The van der Waals surface area contributed by atoms with E-state index in [4.69, 9.17) is 4.74 Å². The van der Waals surface area contributed by atoms with Crippen LogP contribution in [0.2, 0.25) is 0 Å². The molecule has 3 rings (SSSR count). The lowest BCUT2D eigenvalue weighted by atomic mass is 10.0. The van der Waals surface area contributed by atoms with Crippen molar-refractivity contribution in [1.29, 1.82) is 0 Å². The van der Waals surface area contributed by atoms with Crippen molar-refractivity contribution in [2.24, 2.45) is 0 Å². The summed E-state index contributed by atoms with van der Waals surface area (Å²) in [7, 11) is 0. The Bertz CT molecular complexity index is 846. The van der Waals surface area contributed by atoms with Gasteiger partial charge in [0.1, 0.15) is 6.04 Å². The van der Waals surface area contributed by atoms with Gasteiger partial charge >= 0.3 is 6.09 Å². The number of aromatic nitrogens is 2. The zero-order chi connectivity index (χ0) is 21.5. The van der Waals surface area contributed by atoms with Crippen molar-refractivity contribution < 1.29 is 14.3 Å². The summed E-state index contributed by atoms with van der Waals surface area (Å²) >= 11 is 0. The summed E-state index contributed by atoms with van der Waals surface area (Å²) in [5.41, 5.74) is 2.75. The van der Waals surface area contributed by atoms with Gasteiger partial charge in [-0.25, -0.2) is 14.8 Å². The Labute approximate surface area is 177 Å². The number of hydrogen-bond donors (Lipinski definition) is 1. The lowest BCUT2D eigenvalue weighted by Crippen LogP contribution is -2.54. The molecule has 1 saturated heterocycles. The molecule has 30 heavy (non-hydrogen) atoms. The van der Waals surface area contributed by atoms with Gasteiger partial charge in [-0.1, -0.05) is 30.3 Å². The molecule has 1 N–H and O–H groups in total. The third-order valence-electron chi connectivity index (χ3n) is 4.98. The molecule has 8 nitrogen and oxygen atoms in total. The van der Waals surface area contributed by atoms with Crippen molar-refractivity contribution in [3.8, 4) is 0 Å². The van der Waals surface area contributed by atoms with Crippen molar-refractivity contribution in [2.45, 2.75) is 33.2 Å². The van der Waals surface area contributed by atoms with Crippen molar-refractivity contribution in [3.63, 3.8) is 0 Å². The summed E-state index contributed by atoms with van der Waals surface area (Å²) in [6.45, 7) is 7.80. The monoisotopic (exact) mass is 411 g/mol. The predicted molar refractivity (Wildman–Crippen MR) is 114 cm³/mol. The third kappa shape index (κ3) is 5.68. The van der Waals surface area contributed by atoms with Crippen LogP contribution in [-0.4, -0.2) is 70.6 Å². The Kier molecular flexibility index (Phi) is 7.21. The largest absolute Gasteiger partial charge is 0.450 e. The predicted octanol–water partition coefficient (Wildman–Crippen LogP) is 2.42. The van der Waals surface area contributed by atoms with Crippen LogP contribution in [0.4, 0.5) is 10.7 Å². The van der Waals surface area contributed by atoms with Crippen LogP contribution >= 0.6 is 0 Å². The summed E-state index contributed by atoms with van der Waals surface area (Å²) in [5, 5.41) is 3.24. The Morgan fingerprint density at radius 1 is 1.03 bits per heavy atom. The highest BCUT2D eigenvalue weighted by atomic mass is 16.6. The second kappa shape index (κ2) is 10.0. The summed E-state index contributed by atoms with van der Waals surface area (Å²) in [4.78, 5) is 37.6.